The summed E-state index contributed by atoms with van der Waals surface area (Å²) in [6.45, 7) is 2.48. The van der Waals surface area contributed by atoms with E-state index in [2.05, 4.69) is 34.5 Å². The molecule has 1 N–H and O–H groups in total. The molecule has 134 valence electrons. The molecule has 2 heterocycles. The van der Waals surface area contributed by atoms with Crippen molar-refractivity contribution in [3.05, 3.63) is 71.8 Å². The minimum Gasteiger partial charge on any atom is -0.374 e. The van der Waals surface area contributed by atoms with E-state index in [0.717, 1.165) is 31.6 Å². The highest BCUT2D eigenvalue weighted by molar-refractivity contribution is 5.91. The van der Waals surface area contributed by atoms with E-state index in [9.17, 15) is 4.79 Å². The number of ether oxygens (including phenoxy) is 1. The Hall–Kier alpha value is -2.59. The molecule has 1 amide bonds. The fraction of sp³-hybridized carbons (Fsp3) is 0.318. The molecule has 2 atom stereocenters. The Kier molecular flexibility index (Phi) is 5.02. The molecule has 2 fully saturated rings. The first-order chi connectivity index (χ1) is 12.8. The van der Waals surface area contributed by atoms with Crippen molar-refractivity contribution >= 4 is 17.7 Å². The van der Waals surface area contributed by atoms with Crippen LogP contribution in [0, 0.1) is 0 Å². The van der Waals surface area contributed by atoms with Gasteiger partial charge in [-0.15, -0.1) is 0 Å². The number of fused-ring (bicyclic) bond motifs is 2. The summed E-state index contributed by atoms with van der Waals surface area (Å²) in [5.74, 6) is -0.0565. The molecule has 0 saturated carbocycles. The minimum absolute atomic E-state index is 0.0565. The monoisotopic (exact) mass is 348 g/mol. The predicted octanol–water partition coefficient (Wildman–Crippen LogP) is 3.04. The van der Waals surface area contributed by atoms with Gasteiger partial charge in [-0.1, -0.05) is 42.5 Å². The topological polar surface area (TPSA) is 41.6 Å². The molecule has 0 spiro atoms. The SMILES string of the molecule is O=C(C=Cc1ccccc1)NCCc1cccc(N2CC3CC2CO3)c1. The van der Waals surface area contributed by atoms with Gasteiger partial charge in [0.15, 0.2) is 0 Å². The molecule has 26 heavy (non-hydrogen) atoms. The Balaban J connectivity index is 1.28. The zero-order chi connectivity index (χ0) is 17.8. The highest BCUT2D eigenvalue weighted by atomic mass is 16.5. The summed E-state index contributed by atoms with van der Waals surface area (Å²) in [5, 5.41) is 2.96. The van der Waals surface area contributed by atoms with Crippen molar-refractivity contribution in [1.29, 1.82) is 0 Å². The molecular weight excluding hydrogens is 324 g/mol. The number of hydrogen-bond acceptors (Lipinski definition) is 3. The van der Waals surface area contributed by atoms with E-state index in [1.54, 1.807) is 6.08 Å². The summed E-state index contributed by atoms with van der Waals surface area (Å²) in [4.78, 5) is 14.4. The Labute approximate surface area is 154 Å². The van der Waals surface area contributed by atoms with Gasteiger partial charge in [0, 0.05) is 24.9 Å². The highest BCUT2D eigenvalue weighted by Crippen LogP contribution is 2.32. The van der Waals surface area contributed by atoms with E-state index in [-0.39, 0.29) is 5.91 Å². The van der Waals surface area contributed by atoms with Crippen LogP contribution in [0.1, 0.15) is 17.5 Å². The number of rotatable bonds is 6. The zero-order valence-electron chi connectivity index (χ0n) is 14.8. The van der Waals surface area contributed by atoms with Crippen LogP contribution < -0.4 is 10.2 Å². The van der Waals surface area contributed by atoms with Gasteiger partial charge in [0.1, 0.15) is 0 Å². The van der Waals surface area contributed by atoms with Gasteiger partial charge in [0.2, 0.25) is 5.91 Å². The highest BCUT2D eigenvalue weighted by Gasteiger charge is 2.38. The molecule has 2 saturated heterocycles. The first-order valence-corrected chi connectivity index (χ1v) is 9.26. The molecule has 4 nitrogen and oxygen atoms in total. The average molecular weight is 348 g/mol. The van der Waals surface area contributed by atoms with Crippen LogP contribution in [0.15, 0.2) is 60.7 Å². The summed E-state index contributed by atoms with van der Waals surface area (Å²) in [6, 6.07) is 19.0. The van der Waals surface area contributed by atoms with Crippen molar-refractivity contribution in [2.24, 2.45) is 0 Å². The van der Waals surface area contributed by atoms with Gasteiger partial charge in [0.25, 0.3) is 0 Å². The second kappa shape index (κ2) is 7.75. The van der Waals surface area contributed by atoms with Crippen LogP contribution in [0.5, 0.6) is 0 Å². The first-order valence-electron chi connectivity index (χ1n) is 9.26. The molecule has 2 aromatic carbocycles. The van der Waals surface area contributed by atoms with E-state index in [1.807, 2.05) is 36.4 Å². The van der Waals surface area contributed by atoms with Crippen LogP contribution in [0.3, 0.4) is 0 Å². The fourth-order valence-electron chi connectivity index (χ4n) is 3.73. The summed E-state index contributed by atoms with van der Waals surface area (Å²) in [6.07, 6.45) is 5.80. The van der Waals surface area contributed by atoms with E-state index in [0.29, 0.717) is 18.7 Å². The van der Waals surface area contributed by atoms with Gasteiger partial charge in [-0.3, -0.25) is 4.79 Å². The summed E-state index contributed by atoms with van der Waals surface area (Å²) >= 11 is 0. The fourth-order valence-corrected chi connectivity index (χ4v) is 3.73. The van der Waals surface area contributed by atoms with Gasteiger partial charge < -0.3 is 15.0 Å². The van der Waals surface area contributed by atoms with Crippen molar-refractivity contribution in [2.75, 3.05) is 24.6 Å². The number of morpholine rings is 1. The maximum absolute atomic E-state index is 11.9. The lowest BCUT2D eigenvalue weighted by molar-refractivity contribution is -0.116. The number of anilines is 1. The van der Waals surface area contributed by atoms with Gasteiger partial charge in [0.05, 0.1) is 18.8 Å². The lowest BCUT2D eigenvalue weighted by Crippen LogP contribution is -2.36. The Morgan fingerprint density at radius 3 is 2.85 bits per heavy atom. The molecule has 4 rings (SSSR count). The summed E-state index contributed by atoms with van der Waals surface area (Å²) < 4.78 is 5.68. The van der Waals surface area contributed by atoms with E-state index >= 15 is 0 Å². The van der Waals surface area contributed by atoms with Gasteiger partial charge >= 0.3 is 0 Å². The predicted molar refractivity (Wildman–Crippen MR) is 104 cm³/mol. The van der Waals surface area contributed by atoms with Crippen LogP contribution in [0.2, 0.25) is 0 Å². The van der Waals surface area contributed by atoms with E-state index in [4.69, 9.17) is 4.74 Å². The van der Waals surface area contributed by atoms with Crippen LogP contribution in [-0.2, 0) is 16.0 Å². The number of carbonyl (C=O) groups excluding carboxylic acids is 1. The lowest BCUT2D eigenvalue weighted by Gasteiger charge is -2.29. The number of nitrogens with one attached hydrogen (secondary N) is 1. The number of nitrogens with zero attached hydrogens (tertiary/aromatic N) is 1. The maximum Gasteiger partial charge on any atom is 0.244 e. The molecular formula is C22H24N2O2. The normalized spacial score (nSPS) is 21.5. The number of hydrogen-bond donors (Lipinski definition) is 1. The van der Waals surface area contributed by atoms with Crippen molar-refractivity contribution in [3.8, 4) is 0 Å². The Morgan fingerprint density at radius 2 is 2.08 bits per heavy atom. The number of carbonyl (C=O) groups is 1. The second-order valence-electron chi connectivity index (χ2n) is 6.95. The third kappa shape index (κ3) is 3.97. The summed E-state index contributed by atoms with van der Waals surface area (Å²) in [7, 11) is 0. The van der Waals surface area contributed by atoms with Crippen LogP contribution in [-0.4, -0.2) is 37.7 Å². The van der Waals surface area contributed by atoms with Crippen LogP contribution in [0.25, 0.3) is 6.08 Å². The molecule has 2 bridgehead atoms. The van der Waals surface area contributed by atoms with E-state index in [1.165, 1.54) is 11.3 Å². The molecule has 0 aliphatic carbocycles. The summed E-state index contributed by atoms with van der Waals surface area (Å²) in [5.41, 5.74) is 3.55. The lowest BCUT2D eigenvalue weighted by atomic mass is 10.1. The second-order valence-corrected chi connectivity index (χ2v) is 6.95. The van der Waals surface area contributed by atoms with Crippen LogP contribution >= 0.6 is 0 Å². The van der Waals surface area contributed by atoms with Crippen molar-refractivity contribution in [3.63, 3.8) is 0 Å². The van der Waals surface area contributed by atoms with Gasteiger partial charge in [-0.2, -0.15) is 0 Å². The van der Waals surface area contributed by atoms with Crippen molar-refractivity contribution < 1.29 is 9.53 Å². The molecule has 0 aromatic heterocycles. The average Bonchev–Trinajstić information content (AvgIpc) is 3.31. The van der Waals surface area contributed by atoms with Gasteiger partial charge in [-0.25, -0.2) is 0 Å². The quantitative estimate of drug-likeness (QED) is 0.816. The maximum atomic E-state index is 11.9. The largest absolute Gasteiger partial charge is 0.374 e. The Bertz CT molecular complexity index is 788. The third-order valence-electron chi connectivity index (χ3n) is 5.08. The smallest absolute Gasteiger partial charge is 0.244 e. The van der Waals surface area contributed by atoms with E-state index < -0.39 is 0 Å². The molecule has 4 heteroatoms. The van der Waals surface area contributed by atoms with Crippen LogP contribution in [0.4, 0.5) is 5.69 Å². The molecule has 2 aliphatic rings. The van der Waals surface area contributed by atoms with Crippen molar-refractivity contribution in [1.82, 2.24) is 5.32 Å². The number of amides is 1. The van der Waals surface area contributed by atoms with Gasteiger partial charge in [-0.05, 0) is 42.2 Å². The molecule has 2 unspecified atom stereocenters. The third-order valence-corrected chi connectivity index (χ3v) is 5.08. The first kappa shape index (κ1) is 16.9. The van der Waals surface area contributed by atoms with Crippen molar-refractivity contribution in [2.45, 2.75) is 25.0 Å². The molecule has 2 aromatic rings. The molecule has 0 radical (unpaired) electrons. The minimum atomic E-state index is -0.0565. The zero-order valence-corrected chi connectivity index (χ0v) is 14.8. The standard InChI is InChI=1S/C22H24N2O2/c25-22(10-9-17-5-2-1-3-6-17)23-12-11-18-7-4-8-19(13-18)24-15-21-14-20(24)16-26-21/h1-10,13,20-21H,11-12,14-16H2,(H,23,25). The molecule has 2 aliphatic heterocycles. The number of benzene rings is 2. The Morgan fingerprint density at radius 1 is 1.19 bits per heavy atom.